The molecule has 0 bridgehead atoms. The second-order valence-electron chi connectivity index (χ2n) is 0.955. The van der Waals surface area contributed by atoms with Gasteiger partial charge in [-0.3, -0.25) is 0 Å². The van der Waals surface area contributed by atoms with Crippen LogP contribution in [-0.4, -0.2) is 9.41 Å². The van der Waals surface area contributed by atoms with Gasteiger partial charge in [0.15, 0.2) is 0 Å². The molecule has 1 nitrogen and oxygen atoms in total. The predicted octanol–water partition coefficient (Wildman–Crippen LogP) is 0.597. The lowest BCUT2D eigenvalue weighted by atomic mass is 10.6. The molecular formula is C3H8OSi. The average molecular weight is 88.2 g/mol. The summed E-state index contributed by atoms with van der Waals surface area (Å²) < 4.78 is 9.61. The van der Waals surface area contributed by atoms with Gasteiger partial charge in [-0.25, -0.2) is 0 Å². The molecule has 0 aromatic carbocycles. The molecule has 0 atom stereocenters. The Morgan fingerprint density at radius 2 is 2.40 bits per heavy atom. The van der Waals surface area contributed by atoms with Crippen LogP contribution >= 0.6 is 0 Å². The van der Waals surface area contributed by atoms with Gasteiger partial charge in [0.25, 0.3) is 9.41 Å². The van der Waals surface area contributed by atoms with Crippen LogP contribution in [-0.2, 0) is 4.46 Å². The summed E-state index contributed by atoms with van der Waals surface area (Å²) in [6, 6.07) is 0.917. The smallest absolute Gasteiger partial charge is 0.261 e. The first kappa shape index (κ1) is 5.02. The van der Waals surface area contributed by atoms with E-state index in [1.54, 1.807) is 0 Å². The van der Waals surface area contributed by atoms with Crippen LogP contribution in [0.25, 0.3) is 0 Å². The SMILES string of the molecule is CCC[SiH]=O. The van der Waals surface area contributed by atoms with Gasteiger partial charge in [-0.05, 0) is 6.04 Å². The molecule has 0 N–H and O–H groups in total. The molecule has 0 radical (unpaired) electrons. The molecule has 0 heterocycles. The lowest BCUT2D eigenvalue weighted by Gasteiger charge is -1.67. The molecule has 5 heavy (non-hydrogen) atoms. The highest BCUT2D eigenvalue weighted by molar-refractivity contribution is 6.16. The van der Waals surface area contributed by atoms with Crippen molar-refractivity contribution in [3.8, 4) is 0 Å². The van der Waals surface area contributed by atoms with Gasteiger partial charge in [0.05, 0.1) is 0 Å². The largest absolute Gasteiger partial charge is 0.392 e. The van der Waals surface area contributed by atoms with E-state index in [9.17, 15) is 4.46 Å². The summed E-state index contributed by atoms with van der Waals surface area (Å²) in [5, 5.41) is 0. The van der Waals surface area contributed by atoms with Crippen molar-refractivity contribution in [3.63, 3.8) is 0 Å². The van der Waals surface area contributed by atoms with Crippen molar-refractivity contribution in [2.24, 2.45) is 0 Å². The van der Waals surface area contributed by atoms with Gasteiger partial charge in [0.1, 0.15) is 0 Å². The normalized spacial score (nSPS) is 7.40. The summed E-state index contributed by atoms with van der Waals surface area (Å²) in [4.78, 5) is 0. The second kappa shape index (κ2) is 4.02. The van der Waals surface area contributed by atoms with E-state index in [-0.39, 0.29) is 0 Å². The third kappa shape index (κ3) is 4.02. The van der Waals surface area contributed by atoms with E-state index < -0.39 is 9.41 Å². The molecule has 0 aromatic heterocycles. The van der Waals surface area contributed by atoms with Crippen LogP contribution in [0.4, 0.5) is 0 Å². The Morgan fingerprint density at radius 1 is 1.80 bits per heavy atom. The van der Waals surface area contributed by atoms with Crippen molar-refractivity contribution < 1.29 is 4.46 Å². The summed E-state index contributed by atoms with van der Waals surface area (Å²) in [7, 11) is -0.464. The van der Waals surface area contributed by atoms with E-state index in [0.717, 1.165) is 12.5 Å². The Morgan fingerprint density at radius 3 is 2.40 bits per heavy atom. The van der Waals surface area contributed by atoms with Gasteiger partial charge in [-0.15, -0.1) is 0 Å². The van der Waals surface area contributed by atoms with Crippen LogP contribution in [0.2, 0.25) is 6.04 Å². The van der Waals surface area contributed by atoms with Crippen molar-refractivity contribution >= 4 is 9.41 Å². The fraction of sp³-hybridized carbons (Fsp3) is 1.00. The minimum absolute atomic E-state index is 0.464. The maximum atomic E-state index is 9.61. The molecule has 0 saturated carbocycles. The molecule has 0 spiro atoms. The van der Waals surface area contributed by atoms with Crippen molar-refractivity contribution in [1.29, 1.82) is 0 Å². The highest BCUT2D eigenvalue weighted by Gasteiger charge is 1.69. The summed E-state index contributed by atoms with van der Waals surface area (Å²) in [6.07, 6.45) is 1.07. The van der Waals surface area contributed by atoms with Gasteiger partial charge in [0, 0.05) is 0 Å². The fourth-order valence-electron chi connectivity index (χ4n) is 0.118. The minimum atomic E-state index is -0.464. The highest BCUT2D eigenvalue weighted by Crippen LogP contribution is 1.76. The van der Waals surface area contributed by atoms with E-state index in [4.69, 9.17) is 0 Å². The molecule has 0 unspecified atom stereocenters. The van der Waals surface area contributed by atoms with Crippen LogP contribution < -0.4 is 0 Å². The van der Waals surface area contributed by atoms with E-state index >= 15 is 0 Å². The highest BCUT2D eigenvalue weighted by atomic mass is 28.2. The third-order valence-corrected chi connectivity index (χ3v) is 1.22. The standard InChI is InChI=1S/C3H8OSi/c1-2-3-5-4/h5H,2-3H2,1H3. The average Bonchev–Trinajstić information content (AvgIpc) is 1.41. The van der Waals surface area contributed by atoms with Gasteiger partial charge in [-0.2, -0.15) is 0 Å². The molecule has 30 valence electrons. The first-order valence-electron chi connectivity index (χ1n) is 1.85. The van der Waals surface area contributed by atoms with Gasteiger partial charge < -0.3 is 4.46 Å². The zero-order valence-corrected chi connectivity index (χ0v) is 4.55. The predicted molar refractivity (Wildman–Crippen MR) is 22.9 cm³/mol. The van der Waals surface area contributed by atoms with Crippen LogP contribution in [0.15, 0.2) is 0 Å². The molecule has 0 aliphatic rings. The summed E-state index contributed by atoms with van der Waals surface area (Å²) >= 11 is 0. The molecule has 0 saturated heterocycles. The Bertz CT molecular complexity index is 28.1. The minimum Gasteiger partial charge on any atom is -0.392 e. The van der Waals surface area contributed by atoms with E-state index in [1.165, 1.54) is 0 Å². The van der Waals surface area contributed by atoms with Crippen molar-refractivity contribution in [3.05, 3.63) is 0 Å². The quantitative estimate of drug-likeness (QED) is 0.452. The molecule has 0 aromatic rings. The fourth-order valence-corrected chi connectivity index (χ4v) is 0.354. The summed E-state index contributed by atoms with van der Waals surface area (Å²) in [5.41, 5.74) is 0. The lowest BCUT2D eigenvalue weighted by molar-refractivity contribution is 0.575. The maximum absolute atomic E-state index is 9.61. The Balaban J connectivity index is 2.40. The monoisotopic (exact) mass is 88.0 g/mol. The second-order valence-corrected chi connectivity index (χ2v) is 1.87. The van der Waals surface area contributed by atoms with Crippen molar-refractivity contribution in [1.82, 2.24) is 0 Å². The summed E-state index contributed by atoms with van der Waals surface area (Å²) in [6.45, 7) is 2.03. The zero-order chi connectivity index (χ0) is 4.12. The Labute approximate surface area is 34.3 Å². The topological polar surface area (TPSA) is 17.1 Å². The number of hydrogen-bond donors (Lipinski definition) is 0. The first-order valence-corrected chi connectivity index (χ1v) is 3.14. The summed E-state index contributed by atoms with van der Waals surface area (Å²) in [5.74, 6) is 0. The molecule has 0 aliphatic heterocycles. The van der Waals surface area contributed by atoms with Crippen molar-refractivity contribution in [2.75, 3.05) is 0 Å². The Hall–Kier alpha value is 0.0169. The molecule has 0 rings (SSSR count). The van der Waals surface area contributed by atoms with E-state index in [2.05, 4.69) is 0 Å². The van der Waals surface area contributed by atoms with Gasteiger partial charge >= 0.3 is 0 Å². The van der Waals surface area contributed by atoms with Crippen LogP contribution in [0.1, 0.15) is 13.3 Å². The lowest BCUT2D eigenvalue weighted by Crippen LogP contribution is -1.65. The maximum Gasteiger partial charge on any atom is 0.261 e. The molecule has 2 heteroatoms. The van der Waals surface area contributed by atoms with E-state index in [0.29, 0.717) is 0 Å². The molecule has 0 aliphatic carbocycles. The molecule has 0 amide bonds. The van der Waals surface area contributed by atoms with Gasteiger partial charge in [-0.1, -0.05) is 13.3 Å². The zero-order valence-electron chi connectivity index (χ0n) is 3.40. The first-order chi connectivity index (χ1) is 2.41. The third-order valence-electron chi connectivity index (χ3n) is 0.407. The van der Waals surface area contributed by atoms with Crippen LogP contribution in [0.3, 0.4) is 0 Å². The molecule has 0 fully saturated rings. The Kier molecular flexibility index (Phi) is 4.03. The number of rotatable bonds is 2. The van der Waals surface area contributed by atoms with Crippen LogP contribution in [0, 0.1) is 0 Å². The van der Waals surface area contributed by atoms with E-state index in [1.807, 2.05) is 6.92 Å². The number of hydrogen-bond acceptors (Lipinski definition) is 1. The molecular weight excluding hydrogens is 80.1 g/mol. The van der Waals surface area contributed by atoms with Gasteiger partial charge in [0.2, 0.25) is 0 Å². The van der Waals surface area contributed by atoms with Crippen LogP contribution in [0.5, 0.6) is 0 Å². The van der Waals surface area contributed by atoms with Crippen molar-refractivity contribution in [2.45, 2.75) is 19.4 Å².